The predicted octanol–water partition coefficient (Wildman–Crippen LogP) is 5.17. The molecule has 0 saturated carbocycles. The SMILES string of the molecule is Cn1c(SCc2ccc(F)cc2)nnc1-c1cccc(NC(=O)c2ccccc2)c1. The molecular formula is C23H19FN4OS. The standard InChI is InChI=1S/C23H19FN4OS/c1-28-21(26-27-23(28)30-15-16-10-12-19(24)13-11-16)18-8-5-9-20(14-18)25-22(29)17-6-3-2-4-7-17/h2-14H,15H2,1H3,(H,25,29). The minimum absolute atomic E-state index is 0.166. The third kappa shape index (κ3) is 4.58. The van der Waals surface area contributed by atoms with Crippen LogP contribution in [0.3, 0.4) is 0 Å². The smallest absolute Gasteiger partial charge is 0.255 e. The number of thioether (sulfide) groups is 1. The Morgan fingerprint density at radius 3 is 2.53 bits per heavy atom. The van der Waals surface area contributed by atoms with Crippen LogP contribution in [-0.2, 0) is 12.8 Å². The van der Waals surface area contributed by atoms with E-state index < -0.39 is 0 Å². The maximum absolute atomic E-state index is 13.1. The molecule has 4 rings (SSSR count). The summed E-state index contributed by atoms with van der Waals surface area (Å²) < 4.78 is 15.0. The molecule has 0 aliphatic heterocycles. The number of hydrogen-bond acceptors (Lipinski definition) is 4. The maximum Gasteiger partial charge on any atom is 0.255 e. The number of amides is 1. The highest BCUT2D eigenvalue weighted by atomic mass is 32.2. The lowest BCUT2D eigenvalue weighted by molar-refractivity contribution is 0.102. The minimum Gasteiger partial charge on any atom is -0.322 e. The van der Waals surface area contributed by atoms with Gasteiger partial charge in [-0.25, -0.2) is 4.39 Å². The van der Waals surface area contributed by atoms with Crippen LogP contribution < -0.4 is 5.32 Å². The maximum atomic E-state index is 13.1. The number of halogens is 1. The Kier molecular flexibility index (Phi) is 5.90. The lowest BCUT2D eigenvalue weighted by Crippen LogP contribution is -2.11. The molecule has 0 unspecified atom stereocenters. The van der Waals surface area contributed by atoms with Crippen molar-refractivity contribution in [3.63, 3.8) is 0 Å². The number of hydrogen-bond donors (Lipinski definition) is 1. The zero-order valence-corrected chi connectivity index (χ0v) is 17.1. The van der Waals surface area contributed by atoms with E-state index in [-0.39, 0.29) is 11.7 Å². The number of nitrogens with one attached hydrogen (secondary N) is 1. The fourth-order valence-corrected chi connectivity index (χ4v) is 3.82. The van der Waals surface area contributed by atoms with Crippen LogP contribution in [0.4, 0.5) is 10.1 Å². The molecule has 0 aliphatic rings. The monoisotopic (exact) mass is 418 g/mol. The van der Waals surface area contributed by atoms with Crippen LogP contribution in [0.1, 0.15) is 15.9 Å². The summed E-state index contributed by atoms with van der Waals surface area (Å²) >= 11 is 1.53. The van der Waals surface area contributed by atoms with Gasteiger partial charge in [0.1, 0.15) is 5.82 Å². The Morgan fingerprint density at radius 2 is 1.77 bits per heavy atom. The average molecular weight is 418 g/mol. The van der Waals surface area contributed by atoms with E-state index in [1.807, 2.05) is 54.1 Å². The molecule has 0 aliphatic carbocycles. The highest BCUT2D eigenvalue weighted by molar-refractivity contribution is 7.98. The molecule has 0 radical (unpaired) electrons. The van der Waals surface area contributed by atoms with Gasteiger partial charge in [-0.2, -0.15) is 0 Å². The first kappa shape index (κ1) is 19.8. The summed E-state index contributed by atoms with van der Waals surface area (Å²) in [5, 5.41) is 12.3. The fourth-order valence-electron chi connectivity index (χ4n) is 2.95. The molecule has 1 N–H and O–H groups in total. The van der Waals surface area contributed by atoms with Gasteiger partial charge in [0.05, 0.1) is 0 Å². The zero-order valence-electron chi connectivity index (χ0n) is 16.2. The van der Waals surface area contributed by atoms with E-state index in [1.54, 1.807) is 24.3 Å². The normalized spacial score (nSPS) is 10.7. The van der Waals surface area contributed by atoms with Crippen LogP contribution in [0, 0.1) is 5.82 Å². The van der Waals surface area contributed by atoms with Crippen molar-refractivity contribution in [2.75, 3.05) is 5.32 Å². The summed E-state index contributed by atoms with van der Waals surface area (Å²) in [6, 6.07) is 23.0. The minimum atomic E-state index is -0.246. The highest BCUT2D eigenvalue weighted by Crippen LogP contribution is 2.27. The Hall–Kier alpha value is -3.45. The fraction of sp³-hybridized carbons (Fsp3) is 0.0870. The number of carbonyl (C=O) groups excluding carboxylic acids is 1. The number of rotatable bonds is 6. The zero-order chi connectivity index (χ0) is 20.9. The molecule has 30 heavy (non-hydrogen) atoms. The van der Waals surface area contributed by atoms with E-state index >= 15 is 0 Å². The van der Waals surface area contributed by atoms with Crippen molar-refractivity contribution in [3.8, 4) is 11.4 Å². The number of anilines is 1. The quantitative estimate of drug-likeness (QED) is 0.439. The summed E-state index contributed by atoms with van der Waals surface area (Å²) in [6.45, 7) is 0. The van der Waals surface area contributed by atoms with Gasteiger partial charge in [-0.15, -0.1) is 10.2 Å². The molecular weight excluding hydrogens is 399 g/mol. The van der Waals surface area contributed by atoms with Crippen molar-refractivity contribution in [1.82, 2.24) is 14.8 Å². The molecule has 3 aromatic carbocycles. The van der Waals surface area contributed by atoms with E-state index in [0.717, 1.165) is 16.3 Å². The molecule has 0 fully saturated rings. The van der Waals surface area contributed by atoms with E-state index in [9.17, 15) is 9.18 Å². The number of nitrogens with zero attached hydrogens (tertiary/aromatic N) is 3. The van der Waals surface area contributed by atoms with E-state index in [4.69, 9.17) is 0 Å². The Bertz CT molecular complexity index is 1160. The molecule has 7 heteroatoms. The van der Waals surface area contributed by atoms with Gasteiger partial charge in [0.2, 0.25) is 0 Å². The van der Waals surface area contributed by atoms with Gasteiger partial charge < -0.3 is 9.88 Å². The summed E-state index contributed by atoms with van der Waals surface area (Å²) in [6.07, 6.45) is 0. The number of carbonyl (C=O) groups is 1. The van der Waals surface area contributed by atoms with Crippen molar-refractivity contribution in [2.45, 2.75) is 10.9 Å². The first-order valence-corrected chi connectivity index (χ1v) is 10.3. The molecule has 1 aromatic heterocycles. The predicted molar refractivity (Wildman–Crippen MR) is 117 cm³/mol. The molecule has 0 spiro atoms. The third-order valence-corrected chi connectivity index (χ3v) is 5.62. The van der Waals surface area contributed by atoms with Gasteiger partial charge in [0.15, 0.2) is 11.0 Å². The first-order valence-electron chi connectivity index (χ1n) is 9.33. The molecule has 0 atom stereocenters. The van der Waals surface area contributed by atoms with Gasteiger partial charge in [-0.3, -0.25) is 4.79 Å². The van der Waals surface area contributed by atoms with Gasteiger partial charge in [-0.05, 0) is 42.0 Å². The van der Waals surface area contributed by atoms with E-state index in [2.05, 4.69) is 15.5 Å². The largest absolute Gasteiger partial charge is 0.322 e. The number of aromatic nitrogens is 3. The van der Waals surface area contributed by atoms with Gasteiger partial charge in [0, 0.05) is 29.6 Å². The molecule has 150 valence electrons. The van der Waals surface area contributed by atoms with Gasteiger partial charge in [0.25, 0.3) is 5.91 Å². The molecule has 0 bridgehead atoms. The first-order chi connectivity index (χ1) is 14.6. The van der Waals surface area contributed by atoms with Crippen molar-refractivity contribution < 1.29 is 9.18 Å². The second-order valence-corrected chi connectivity index (χ2v) is 7.62. The highest BCUT2D eigenvalue weighted by Gasteiger charge is 2.13. The van der Waals surface area contributed by atoms with Crippen LogP contribution in [0.5, 0.6) is 0 Å². The van der Waals surface area contributed by atoms with E-state index in [1.165, 1.54) is 23.9 Å². The summed E-state index contributed by atoms with van der Waals surface area (Å²) in [4.78, 5) is 12.4. The van der Waals surface area contributed by atoms with Crippen molar-refractivity contribution in [1.29, 1.82) is 0 Å². The van der Waals surface area contributed by atoms with Crippen molar-refractivity contribution >= 4 is 23.4 Å². The Morgan fingerprint density at radius 1 is 1.00 bits per heavy atom. The summed E-state index contributed by atoms with van der Waals surface area (Å²) in [5.41, 5.74) is 3.15. The van der Waals surface area contributed by atoms with Crippen LogP contribution in [-0.4, -0.2) is 20.7 Å². The second-order valence-electron chi connectivity index (χ2n) is 6.68. The summed E-state index contributed by atoms with van der Waals surface area (Å²) in [5.74, 6) is 0.956. The van der Waals surface area contributed by atoms with Crippen LogP contribution in [0.15, 0.2) is 84.0 Å². The van der Waals surface area contributed by atoms with Crippen LogP contribution in [0.2, 0.25) is 0 Å². The second kappa shape index (κ2) is 8.92. The van der Waals surface area contributed by atoms with Crippen molar-refractivity contribution in [3.05, 3.63) is 95.8 Å². The molecule has 5 nitrogen and oxygen atoms in total. The lowest BCUT2D eigenvalue weighted by atomic mass is 10.1. The Balaban J connectivity index is 1.48. The Labute approximate surface area is 178 Å². The van der Waals surface area contributed by atoms with Crippen molar-refractivity contribution in [2.24, 2.45) is 7.05 Å². The molecule has 1 heterocycles. The van der Waals surface area contributed by atoms with Crippen LogP contribution in [0.25, 0.3) is 11.4 Å². The topological polar surface area (TPSA) is 59.8 Å². The number of benzene rings is 3. The molecule has 4 aromatic rings. The molecule has 0 saturated heterocycles. The van der Waals surface area contributed by atoms with Gasteiger partial charge >= 0.3 is 0 Å². The lowest BCUT2D eigenvalue weighted by Gasteiger charge is -2.08. The summed E-state index contributed by atoms with van der Waals surface area (Å²) in [7, 11) is 1.90. The molecule has 1 amide bonds. The van der Waals surface area contributed by atoms with E-state index in [0.29, 0.717) is 22.8 Å². The third-order valence-electron chi connectivity index (χ3n) is 4.53. The van der Waals surface area contributed by atoms with Gasteiger partial charge in [-0.1, -0.05) is 54.2 Å². The van der Waals surface area contributed by atoms with Crippen LogP contribution >= 0.6 is 11.8 Å². The average Bonchev–Trinajstić information content (AvgIpc) is 3.14.